The normalized spacial score (nSPS) is 11.0. The second-order valence-corrected chi connectivity index (χ2v) is 5.34. The Morgan fingerprint density at radius 3 is 2.29 bits per heavy atom. The van der Waals surface area contributed by atoms with Crippen molar-refractivity contribution in [2.75, 3.05) is 0 Å². The van der Waals surface area contributed by atoms with Gasteiger partial charge in [-0.2, -0.15) is 0 Å². The van der Waals surface area contributed by atoms with E-state index in [2.05, 4.69) is 0 Å². The Balaban J connectivity index is 2.85. The van der Waals surface area contributed by atoms with Crippen LogP contribution in [0.1, 0.15) is 19.4 Å². The first-order valence-electron chi connectivity index (χ1n) is 4.41. The van der Waals surface area contributed by atoms with Gasteiger partial charge in [-0.05, 0) is 19.4 Å². The fourth-order valence-corrected chi connectivity index (χ4v) is 2.67. The van der Waals surface area contributed by atoms with Crippen LogP contribution in [0.3, 0.4) is 0 Å². The summed E-state index contributed by atoms with van der Waals surface area (Å²) in [7, 11) is -3.10. The Kier molecular flexibility index (Phi) is 3.47. The van der Waals surface area contributed by atoms with Crippen LogP contribution in [0.25, 0.3) is 0 Å². The number of hydrogen-bond acceptors (Lipinski definition) is 2. The maximum absolute atomic E-state index is 11.5. The lowest BCUT2D eigenvalue weighted by molar-refractivity contribution is 0.603. The topological polar surface area (TPSA) is 34.1 Å². The number of rotatable bonds is 3. The van der Waals surface area contributed by atoms with E-state index in [1.807, 2.05) is 30.3 Å². The van der Waals surface area contributed by atoms with Crippen molar-refractivity contribution >= 4 is 9.84 Å². The van der Waals surface area contributed by atoms with Gasteiger partial charge >= 0.3 is 0 Å². The summed E-state index contributed by atoms with van der Waals surface area (Å²) in [5.41, 5.74) is 1.63. The molecule has 0 aliphatic rings. The summed E-state index contributed by atoms with van der Waals surface area (Å²) >= 11 is 0. The van der Waals surface area contributed by atoms with Gasteiger partial charge in [0.15, 0.2) is 9.84 Å². The van der Waals surface area contributed by atoms with Gasteiger partial charge in [0.2, 0.25) is 0 Å². The Morgan fingerprint density at radius 2 is 1.79 bits per heavy atom. The maximum atomic E-state index is 11.5. The van der Waals surface area contributed by atoms with Gasteiger partial charge in [-0.25, -0.2) is 8.42 Å². The van der Waals surface area contributed by atoms with E-state index in [0.717, 1.165) is 11.1 Å². The van der Waals surface area contributed by atoms with Crippen LogP contribution in [0.15, 0.2) is 41.3 Å². The van der Waals surface area contributed by atoms with Crippen LogP contribution >= 0.6 is 0 Å². The Labute approximate surface area is 85.2 Å². The van der Waals surface area contributed by atoms with Gasteiger partial charge in [-0.1, -0.05) is 35.9 Å². The molecule has 0 spiro atoms. The fraction of sp³-hybridized carbons (Fsp3) is 0.273. The molecule has 0 saturated heterocycles. The lowest BCUT2D eigenvalue weighted by Gasteiger charge is -1.99. The van der Waals surface area contributed by atoms with Crippen molar-refractivity contribution in [2.45, 2.75) is 19.6 Å². The van der Waals surface area contributed by atoms with Crippen LogP contribution in [0.2, 0.25) is 0 Å². The summed E-state index contributed by atoms with van der Waals surface area (Å²) < 4.78 is 23.1. The van der Waals surface area contributed by atoms with Gasteiger partial charge in [0.05, 0.1) is 5.75 Å². The van der Waals surface area contributed by atoms with E-state index in [9.17, 15) is 8.42 Å². The Bertz CT molecular complexity index is 412. The predicted molar refractivity (Wildman–Crippen MR) is 58.5 cm³/mol. The number of benzene rings is 1. The van der Waals surface area contributed by atoms with E-state index in [-0.39, 0.29) is 5.75 Å². The van der Waals surface area contributed by atoms with Gasteiger partial charge < -0.3 is 0 Å². The zero-order chi connectivity index (χ0) is 10.6. The molecule has 1 aromatic carbocycles. The lowest BCUT2D eigenvalue weighted by Crippen LogP contribution is -2.00. The third-order valence-corrected chi connectivity index (χ3v) is 3.19. The van der Waals surface area contributed by atoms with Gasteiger partial charge in [-0.15, -0.1) is 0 Å². The number of sulfone groups is 1. The first kappa shape index (κ1) is 11.0. The zero-order valence-electron chi connectivity index (χ0n) is 8.40. The van der Waals surface area contributed by atoms with Crippen LogP contribution in [-0.2, 0) is 15.6 Å². The molecule has 0 aromatic heterocycles. The highest BCUT2D eigenvalue weighted by Crippen LogP contribution is 2.08. The van der Waals surface area contributed by atoms with Crippen LogP contribution in [0, 0.1) is 0 Å². The minimum absolute atomic E-state index is 0.0824. The molecule has 3 heteroatoms. The highest BCUT2D eigenvalue weighted by Gasteiger charge is 2.07. The van der Waals surface area contributed by atoms with E-state index in [1.54, 1.807) is 13.8 Å². The van der Waals surface area contributed by atoms with E-state index >= 15 is 0 Å². The number of allylic oxidation sites excluding steroid dienone is 1. The molecule has 2 nitrogen and oxygen atoms in total. The molecular formula is C11H14O2S. The van der Waals surface area contributed by atoms with E-state index in [4.69, 9.17) is 0 Å². The largest absolute Gasteiger partial charge is 0.224 e. The molecule has 0 amide bonds. The molecule has 0 N–H and O–H groups in total. The monoisotopic (exact) mass is 210 g/mol. The molecular weight excluding hydrogens is 196 g/mol. The second kappa shape index (κ2) is 4.42. The molecule has 14 heavy (non-hydrogen) atoms. The summed E-state index contributed by atoms with van der Waals surface area (Å²) in [6, 6.07) is 9.19. The molecule has 0 atom stereocenters. The van der Waals surface area contributed by atoms with Gasteiger partial charge in [0.1, 0.15) is 0 Å². The third kappa shape index (κ3) is 3.75. The van der Waals surface area contributed by atoms with E-state index < -0.39 is 9.84 Å². The first-order valence-corrected chi connectivity index (χ1v) is 6.13. The van der Waals surface area contributed by atoms with Crippen molar-refractivity contribution in [1.29, 1.82) is 0 Å². The Morgan fingerprint density at radius 1 is 1.21 bits per heavy atom. The van der Waals surface area contributed by atoms with Crippen LogP contribution in [-0.4, -0.2) is 8.42 Å². The minimum Gasteiger partial charge on any atom is -0.224 e. The van der Waals surface area contributed by atoms with Crippen molar-refractivity contribution in [3.05, 3.63) is 46.9 Å². The highest BCUT2D eigenvalue weighted by atomic mass is 32.2. The fourth-order valence-electron chi connectivity index (χ4n) is 1.21. The molecule has 1 rings (SSSR count). The first-order chi connectivity index (χ1) is 6.49. The molecule has 0 radical (unpaired) electrons. The van der Waals surface area contributed by atoms with Crippen molar-refractivity contribution in [3.63, 3.8) is 0 Å². The average Bonchev–Trinajstić information content (AvgIpc) is 2.02. The van der Waals surface area contributed by atoms with Crippen molar-refractivity contribution in [1.82, 2.24) is 0 Å². The number of hydrogen-bond donors (Lipinski definition) is 0. The van der Waals surface area contributed by atoms with Crippen LogP contribution in [0.4, 0.5) is 0 Å². The van der Waals surface area contributed by atoms with E-state index in [1.165, 1.54) is 5.41 Å². The summed E-state index contributed by atoms with van der Waals surface area (Å²) in [6.07, 6.45) is 0. The van der Waals surface area contributed by atoms with Crippen molar-refractivity contribution < 1.29 is 8.42 Å². The zero-order valence-corrected chi connectivity index (χ0v) is 9.21. The molecule has 0 heterocycles. The minimum atomic E-state index is -3.10. The summed E-state index contributed by atoms with van der Waals surface area (Å²) in [4.78, 5) is 0. The molecule has 0 bridgehead atoms. The molecule has 0 aliphatic carbocycles. The summed E-state index contributed by atoms with van der Waals surface area (Å²) in [6.45, 7) is 3.56. The SMILES string of the molecule is CC(C)=CS(=O)(=O)Cc1ccccc1. The smallest absolute Gasteiger partial charge is 0.175 e. The molecule has 0 saturated carbocycles. The molecule has 1 aromatic rings. The standard InChI is InChI=1S/C11H14O2S/c1-10(2)8-14(12,13)9-11-6-4-3-5-7-11/h3-8H,9H2,1-2H3. The molecule has 0 aliphatic heterocycles. The van der Waals surface area contributed by atoms with Crippen LogP contribution in [0.5, 0.6) is 0 Å². The quantitative estimate of drug-likeness (QED) is 0.768. The van der Waals surface area contributed by atoms with Gasteiger partial charge in [-0.3, -0.25) is 0 Å². The molecule has 76 valence electrons. The third-order valence-electron chi connectivity index (χ3n) is 1.63. The predicted octanol–water partition coefficient (Wildman–Crippen LogP) is 2.53. The van der Waals surface area contributed by atoms with Crippen molar-refractivity contribution in [2.24, 2.45) is 0 Å². The van der Waals surface area contributed by atoms with Gasteiger partial charge in [0.25, 0.3) is 0 Å². The molecule has 0 fully saturated rings. The average molecular weight is 210 g/mol. The Hall–Kier alpha value is -1.09. The maximum Gasteiger partial charge on any atom is 0.175 e. The summed E-state index contributed by atoms with van der Waals surface area (Å²) in [5, 5.41) is 1.32. The second-order valence-electron chi connectivity index (χ2n) is 3.49. The lowest BCUT2D eigenvalue weighted by atomic mass is 10.2. The van der Waals surface area contributed by atoms with E-state index in [0.29, 0.717) is 0 Å². The van der Waals surface area contributed by atoms with Crippen LogP contribution < -0.4 is 0 Å². The van der Waals surface area contributed by atoms with Crippen molar-refractivity contribution in [3.8, 4) is 0 Å². The molecule has 0 unspecified atom stereocenters. The highest BCUT2D eigenvalue weighted by molar-refractivity contribution is 7.93. The summed E-state index contributed by atoms with van der Waals surface area (Å²) in [5.74, 6) is 0.0824. The van der Waals surface area contributed by atoms with Gasteiger partial charge in [0, 0.05) is 5.41 Å².